The molecule has 0 radical (unpaired) electrons. The third kappa shape index (κ3) is 10.5. The van der Waals surface area contributed by atoms with Crippen LogP contribution in [0.4, 0.5) is 10.2 Å². The number of carbonyl (C=O) groups is 2. The smallest absolute Gasteiger partial charge is 0.319 e. The molecule has 2 amide bonds. The van der Waals surface area contributed by atoms with E-state index in [1.54, 1.807) is 25.7 Å². The maximum atomic E-state index is 16.2. The third-order valence-electron chi connectivity index (χ3n) is 18.0. The Kier molecular flexibility index (Phi) is 15.1. The molecule has 438 valence electrons. The van der Waals surface area contributed by atoms with Crippen LogP contribution in [0.15, 0.2) is 85.3 Å². The average molecular weight is 1140 g/mol. The molecule has 8 aromatic rings. The first-order valence-corrected chi connectivity index (χ1v) is 29.7. The van der Waals surface area contributed by atoms with E-state index in [2.05, 4.69) is 47.2 Å². The van der Waals surface area contributed by atoms with Gasteiger partial charge in [-0.2, -0.15) is 20.2 Å². The van der Waals surface area contributed by atoms with E-state index in [0.29, 0.717) is 51.8 Å². The molecule has 5 aliphatic rings. The normalized spacial score (nSPS) is 22.2. The van der Waals surface area contributed by atoms with Crippen LogP contribution in [0.2, 0.25) is 0 Å². The lowest BCUT2D eigenvalue weighted by Crippen LogP contribution is -2.50. The maximum absolute atomic E-state index is 16.2. The maximum Gasteiger partial charge on any atom is 0.319 e. The van der Waals surface area contributed by atoms with Crippen molar-refractivity contribution < 1.29 is 38.4 Å². The van der Waals surface area contributed by atoms with Crippen LogP contribution in [0.1, 0.15) is 112 Å². The molecule has 2 saturated carbocycles. The number of benzene rings is 4. The van der Waals surface area contributed by atoms with Crippen LogP contribution in [-0.2, 0) is 27.5 Å². The zero-order chi connectivity index (χ0) is 57.9. The number of amides is 2. The number of rotatable bonds is 19. The molecule has 3 saturated heterocycles. The van der Waals surface area contributed by atoms with Crippen molar-refractivity contribution in [3.63, 3.8) is 0 Å². The van der Waals surface area contributed by atoms with Crippen LogP contribution in [0.5, 0.6) is 11.8 Å². The fourth-order valence-corrected chi connectivity index (χ4v) is 13.3. The number of halogens is 1. The summed E-state index contributed by atoms with van der Waals surface area (Å²) in [6, 6.07) is 19.4. The first kappa shape index (κ1) is 55.3. The molecule has 5 N–H and O–H groups in total. The molecule has 84 heavy (non-hydrogen) atoms. The predicted molar refractivity (Wildman–Crippen MR) is 314 cm³/mol. The lowest BCUT2D eigenvalue weighted by Gasteiger charge is -2.31. The molecule has 6 atom stereocenters. The fourth-order valence-electron chi connectivity index (χ4n) is 13.3. The van der Waals surface area contributed by atoms with Gasteiger partial charge in [0.05, 0.1) is 48.5 Å². The van der Waals surface area contributed by atoms with E-state index in [0.717, 1.165) is 108 Å². The van der Waals surface area contributed by atoms with Crippen molar-refractivity contribution in [2.45, 2.75) is 147 Å². The highest BCUT2D eigenvalue weighted by Gasteiger charge is 2.44. The molecule has 0 spiro atoms. The van der Waals surface area contributed by atoms with Crippen LogP contribution in [0.3, 0.4) is 0 Å². The number of anilines is 1. The number of aliphatic hydroxyl groups excluding tert-OH is 2. The molecule has 4 aromatic heterocycles. The summed E-state index contributed by atoms with van der Waals surface area (Å²) in [5, 5.41) is 50.5. The third-order valence-corrected chi connectivity index (χ3v) is 18.0. The number of nitrogens with one attached hydrogen (secondary N) is 3. The van der Waals surface area contributed by atoms with Crippen LogP contribution in [-0.4, -0.2) is 142 Å². The molecule has 4 aromatic carbocycles. The first-order valence-electron chi connectivity index (χ1n) is 29.7. The monoisotopic (exact) mass is 1140 g/mol. The van der Waals surface area contributed by atoms with Gasteiger partial charge < -0.3 is 44.9 Å². The fraction of sp³-hybridized carbons (Fsp3) is 0.460. The Labute approximate surface area is 486 Å². The summed E-state index contributed by atoms with van der Waals surface area (Å²) < 4.78 is 39.3. The van der Waals surface area contributed by atoms with Crippen molar-refractivity contribution in [3.05, 3.63) is 113 Å². The number of aromatic nitrogens is 9. The van der Waals surface area contributed by atoms with Gasteiger partial charge in [0.15, 0.2) is 5.75 Å². The van der Waals surface area contributed by atoms with E-state index in [-0.39, 0.29) is 74.0 Å². The second kappa shape index (κ2) is 23.0. The second-order valence-corrected chi connectivity index (χ2v) is 23.8. The van der Waals surface area contributed by atoms with Gasteiger partial charge in [-0.1, -0.05) is 67.6 Å². The van der Waals surface area contributed by atoms with E-state index in [9.17, 15) is 19.8 Å². The van der Waals surface area contributed by atoms with Crippen molar-refractivity contribution in [1.82, 2.24) is 60.5 Å². The highest BCUT2D eigenvalue weighted by Crippen LogP contribution is 2.54. The zero-order valence-electron chi connectivity index (χ0n) is 48.0. The molecule has 20 nitrogen and oxygen atoms in total. The van der Waals surface area contributed by atoms with Crippen LogP contribution in [0, 0.1) is 18.7 Å². The topological polar surface area (TPSA) is 236 Å². The number of aryl methyl sites for hydroxylation is 1. The summed E-state index contributed by atoms with van der Waals surface area (Å²) in [6.07, 6.45) is 10.8. The van der Waals surface area contributed by atoms with Crippen molar-refractivity contribution in [2.24, 2.45) is 5.92 Å². The minimum Gasteiger partial charge on any atom is -0.486 e. The molecule has 13 rings (SSSR count). The molecule has 2 aliphatic carbocycles. The number of likely N-dealkylation sites (tertiary alicyclic amines) is 1. The summed E-state index contributed by atoms with van der Waals surface area (Å²) in [6.45, 7) is 9.75. The Balaban J connectivity index is 0.782. The van der Waals surface area contributed by atoms with Gasteiger partial charge in [0, 0.05) is 85.5 Å². The SMILES string of the molecule is CCn1nccc1-c1ccc([C@H](CO)NC(=O)[C@@H]2C[C@@H](O)CN2C(=O)[C@H](C(C)C)n2cc(-c3ccc(COc4c(-c5c(C)c(F)cc6[nH]ncc56)c(C5CC5)cc5c(N6C[C@@H]7C[C@H]6CN7)nc(OC6CCC(OC)CC6)nc45)cc3)nn2)cc1. The van der Waals surface area contributed by atoms with Gasteiger partial charge in [0.25, 0.3) is 0 Å². The number of nitrogens with zero attached hydrogens (tertiary/aromatic N) is 10. The van der Waals surface area contributed by atoms with Gasteiger partial charge in [0.2, 0.25) is 11.8 Å². The molecular formula is C63H72FN13O7. The number of hydrogen-bond acceptors (Lipinski definition) is 15. The number of piperazine rings is 1. The van der Waals surface area contributed by atoms with Crippen LogP contribution in [0.25, 0.3) is 55.4 Å². The largest absolute Gasteiger partial charge is 0.486 e. The Bertz CT molecular complexity index is 3720. The van der Waals surface area contributed by atoms with Crippen LogP contribution < -0.4 is 25.0 Å². The molecule has 21 heteroatoms. The average Bonchev–Trinajstić information content (AvgIpc) is 2.50. The van der Waals surface area contributed by atoms with Crippen molar-refractivity contribution in [3.8, 4) is 45.4 Å². The number of fused-ring (bicyclic) bond motifs is 4. The number of aliphatic hydroxyl groups is 2. The number of aromatic amines is 1. The number of H-pyrrole nitrogens is 1. The number of methoxy groups -OCH3 is 1. The minimum atomic E-state index is -0.984. The second-order valence-electron chi connectivity index (χ2n) is 23.8. The quantitative estimate of drug-likeness (QED) is 0.0514. The molecule has 0 unspecified atom stereocenters. The zero-order valence-corrected chi connectivity index (χ0v) is 48.0. The van der Waals surface area contributed by atoms with Crippen molar-refractivity contribution in [1.29, 1.82) is 0 Å². The van der Waals surface area contributed by atoms with E-state index in [1.807, 2.05) is 87.0 Å². The van der Waals surface area contributed by atoms with Gasteiger partial charge in [-0.25, -0.2) is 9.07 Å². The summed E-state index contributed by atoms with van der Waals surface area (Å²) >= 11 is 0. The minimum absolute atomic E-state index is 0.0390. The number of carbonyl (C=O) groups excluding carboxylic acids is 2. The van der Waals surface area contributed by atoms with E-state index in [4.69, 9.17) is 24.2 Å². The molecule has 7 heterocycles. The van der Waals surface area contributed by atoms with Crippen LogP contribution >= 0.6 is 0 Å². The highest BCUT2D eigenvalue weighted by molar-refractivity contribution is 6.06. The van der Waals surface area contributed by atoms with Gasteiger partial charge in [-0.05, 0) is 117 Å². The summed E-state index contributed by atoms with van der Waals surface area (Å²) in [5.41, 5.74) is 8.97. The van der Waals surface area contributed by atoms with Crippen molar-refractivity contribution >= 4 is 39.4 Å². The standard InChI is InChI=1S/C63H72FN13O7/c1-6-76-53(21-22-67-76)40-15-13-39(14-16-40)52(32-78)68-61(80)54-24-43(79)30-75(54)62(81)58(34(2)3)77-31-51(72-73-77)38-9-7-36(8-10-38)33-83-59-56(55-35(4)49(64)26-50-48(55)28-66-71-50)46(37-11-12-37)25-47-57(59)69-63(84-45-19-17-44(82-5)18-20-45)70-60(47)74-29-41-23-42(74)27-65-41/h7-10,13-16,21-22,25-26,28,31,34,37,41-45,52,54,58,65,78-79H,6,11-12,17-20,23-24,27,29-30,32-33H2,1-5H3,(H,66,71)(H,68,80)/t41-,42-,43+,44?,45?,52-,54-,58-/m0/s1. The lowest BCUT2D eigenvalue weighted by atomic mass is 9.88. The van der Waals surface area contributed by atoms with Crippen molar-refractivity contribution in [2.75, 3.05) is 38.3 Å². The number of ether oxygens (including phenoxy) is 3. The lowest BCUT2D eigenvalue weighted by molar-refractivity contribution is -0.142. The van der Waals surface area contributed by atoms with E-state index in [1.165, 1.54) is 15.6 Å². The predicted octanol–water partition coefficient (Wildman–Crippen LogP) is 8.11. The molecule has 2 bridgehead atoms. The van der Waals surface area contributed by atoms with E-state index < -0.39 is 30.1 Å². The van der Waals surface area contributed by atoms with Gasteiger partial charge in [-0.15, -0.1) is 5.10 Å². The van der Waals surface area contributed by atoms with Gasteiger partial charge in [0.1, 0.15) is 47.6 Å². The number of hydrogen-bond donors (Lipinski definition) is 5. The molecule has 5 fully saturated rings. The Morgan fingerprint density at radius 2 is 1.69 bits per heavy atom. The number of β-amino-alcohol motifs (C(OH)–C–C–N with tert-alkyl or cyclic N) is 1. The summed E-state index contributed by atoms with van der Waals surface area (Å²) in [5.74, 6) is 0.0910. The van der Waals surface area contributed by atoms with E-state index >= 15 is 4.39 Å². The molecule has 3 aliphatic heterocycles. The highest BCUT2D eigenvalue weighted by atomic mass is 19.1. The van der Waals surface area contributed by atoms with Gasteiger partial charge in [-0.3, -0.25) is 19.4 Å². The van der Waals surface area contributed by atoms with Gasteiger partial charge >= 0.3 is 6.01 Å². The summed E-state index contributed by atoms with van der Waals surface area (Å²) in [7, 11) is 1.76. The molecular weight excluding hydrogens is 1070 g/mol. The Hall–Kier alpha value is -7.85. The summed E-state index contributed by atoms with van der Waals surface area (Å²) in [4.78, 5) is 43.1. The Morgan fingerprint density at radius 3 is 2.39 bits per heavy atom. The Morgan fingerprint density at radius 1 is 0.917 bits per heavy atom. The first-order chi connectivity index (χ1) is 40.8.